The molecule has 5 rings (SSSR count). The molecule has 2 aliphatic heterocycles. The molecule has 188 valence electrons. The maximum absolute atomic E-state index is 10.6. The first-order chi connectivity index (χ1) is 17.3. The third kappa shape index (κ3) is 5.14. The van der Waals surface area contributed by atoms with Crippen LogP contribution in [-0.4, -0.2) is 54.0 Å². The molecule has 2 aromatic carbocycles. The Kier molecular flexibility index (Phi) is 6.53. The Bertz CT molecular complexity index is 1200. The molecule has 8 nitrogen and oxygen atoms in total. The molecule has 3 aromatic rings. The van der Waals surface area contributed by atoms with Crippen molar-refractivity contribution < 1.29 is 19.4 Å². The Morgan fingerprint density at radius 3 is 2.36 bits per heavy atom. The molecule has 2 N–H and O–H groups in total. The van der Waals surface area contributed by atoms with E-state index in [0.717, 1.165) is 49.3 Å². The summed E-state index contributed by atoms with van der Waals surface area (Å²) in [6, 6.07) is 18.5. The largest absolute Gasteiger partial charge is 0.487 e. The monoisotopic (exact) mass is 488 g/mol. The average molecular weight is 489 g/mol. The summed E-state index contributed by atoms with van der Waals surface area (Å²) in [5, 5.41) is 11.1. The van der Waals surface area contributed by atoms with Crippen molar-refractivity contribution in [2.24, 2.45) is 5.41 Å². The van der Waals surface area contributed by atoms with Gasteiger partial charge in [-0.1, -0.05) is 50.2 Å². The van der Waals surface area contributed by atoms with Gasteiger partial charge in [-0.3, -0.25) is 0 Å². The lowest BCUT2D eigenvalue weighted by Crippen LogP contribution is -2.66. The van der Waals surface area contributed by atoms with Crippen molar-refractivity contribution >= 4 is 12.0 Å². The van der Waals surface area contributed by atoms with Crippen LogP contribution in [0.25, 0.3) is 0 Å². The van der Waals surface area contributed by atoms with E-state index in [1.54, 1.807) is 6.20 Å². The number of nitrogens with one attached hydrogen (secondary N) is 1. The van der Waals surface area contributed by atoms with Crippen LogP contribution in [0.3, 0.4) is 0 Å². The maximum Gasteiger partial charge on any atom is 0.404 e. The van der Waals surface area contributed by atoms with Gasteiger partial charge in [-0.05, 0) is 41.3 Å². The highest BCUT2D eigenvalue weighted by atomic mass is 16.5. The minimum absolute atomic E-state index is 0.183. The van der Waals surface area contributed by atoms with Crippen LogP contribution in [0.1, 0.15) is 36.2 Å². The zero-order chi connectivity index (χ0) is 25.2. The number of nitrogens with zero attached hydrogens (tertiary/aromatic N) is 3. The number of anilines is 1. The summed E-state index contributed by atoms with van der Waals surface area (Å²) in [7, 11) is 0. The van der Waals surface area contributed by atoms with Gasteiger partial charge in [-0.15, -0.1) is 0 Å². The second-order valence-corrected chi connectivity index (χ2v) is 10.3. The van der Waals surface area contributed by atoms with Gasteiger partial charge in [0.05, 0.1) is 24.3 Å². The van der Waals surface area contributed by atoms with Gasteiger partial charge in [-0.25, -0.2) is 14.8 Å². The summed E-state index contributed by atoms with van der Waals surface area (Å²) in [6.07, 6.45) is 1.47. The van der Waals surface area contributed by atoms with Crippen LogP contribution in [0.5, 0.6) is 5.75 Å². The number of ether oxygens (including phenoxy) is 2. The Balaban J connectivity index is 1.16. The Hall–Kier alpha value is -3.65. The third-order valence-corrected chi connectivity index (χ3v) is 7.18. The summed E-state index contributed by atoms with van der Waals surface area (Å²) in [5.41, 5.74) is 4.48. The van der Waals surface area contributed by atoms with E-state index in [0.29, 0.717) is 25.0 Å². The normalized spacial score (nSPS) is 16.2. The summed E-state index contributed by atoms with van der Waals surface area (Å²) >= 11 is 0. The lowest BCUT2D eigenvalue weighted by Gasteiger charge is -2.54. The average Bonchev–Trinajstić information content (AvgIpc) is 2.82. The quantitative estimate of drug-likeness (QED) is 0.469. The molecule has 0 atom stereocenters. The fraction of sp³-hybridized carbons (Fsp3) is 0.393. The van der Waals surface area contributed by atoms with E-state index < -0.39 is 6.09 Å². The lowest BCUT2D eigenvalue weighted by atomic mass is 9.78. The van der Waals surface area contributed by atoms with Crippen LogP contribution in [0.4, 0.5) is 10.7 Å². The Morgan fingerprint density at radius 1 is 1.08 bits per heavy atom. The van der Waals surface area contributed by atoms with E-state index in [9.17, 15) is 4.79 Å². The molecule has 8 heteroatoms. The predicted molar refractivity (Wildman–Crippen MR) is 137 cm³/mol. The molecule has 0 radical (unpaired) electrons. The van der Waals surface area contributed by atoms with Crippen LogP contribution in [0.2, 0.25) is 0 Å². The van der Waals surface area contributed by atoms with Crippen molar-refractivity contribution in [3.8, 4) is 5.75 Å². The zero-order valence-corrected chi connectivity index (χ0v) is 20.7. The first kappa shape index (κ1) is 24.1. The fourth-order valence-electron chi connectivity index (χ4n) is 4.79. The van der Waals surface area contributed by atoms with Gasteiger partial charge in [0.1, 0.15) is 12.4 Å². The molecular formula is C28H32N4O4. The Morgan fingerprint density at radius 2 is 1.75 bits per heavy atom. The summed E-state index contributed by atoms with van der Waals surface area (Å²) in [4.78, 5) is 21.9. The number of amides is 1. The van der Waals surface area contributed by atoms with Crippen LogP contribution >= 0.6 is 0 Å². The molecule has 2 aliphatic rings. The lowest BCUT2D eigenvalue weighted by molar-refractivity contribution is -0.127. The van der Waals surface area contributed by atoms with E-state index in [4.69, 9.17) is 14.6 Å². The second kappa shape index (κ2) is 9.78. The van der Waals surface area contributed by atoms with Gasteiger partial charge in [0.2, 0.25) is 5.95 Å². The molecule has 1 amide bonds. The van der Waals surface area contributed by atoms with Gasteiger partial charge < -0.3 is 24.8 Å². The van der Waals surface area contributed by atoms with Gasteiger partial charge in [0, 0.05) is 31.2 Å². The molecule has 0 bridgehead atoms. The molecule has 0 unspecified atom stereocenters. The first-order valence-electron chi connectivity index (χ1n) is 12.3. The molecule has 0 aliphatic carbocycles. The summed E-state index contributed by atoms with van der Waals surface area (Å²) < 4.78 is 11.4. The minimum Gasteiger partial charge on any atom is -0.487 e. The van der Waals surface area contributed by atoms with E-state index in [-0.39, 0.29) is 5.41 Å². The Labute approximate surface area is 211 Å². The number of benzene rings is 2. The predicted octanol–water partition coefficient (Wildman–Crippen LogP) is 4.03. The van der Waals surface area contributed by atoms with Crippen LogP contribution in [-0.2, 0) is 23.2 Å². The number of carboxylic acid groups (broad SMARTS) is 1. The molecule has 2 saturated heterocycles. The standard InChI is InChI=1S/C28H32N4O4/c1-27(2,21-5-3-20(4-6-21)11-13-30-26(33)34)22-7-9-24(10-8-22)36-15-23-12-14-29-25(31-23)32-16-28(17-32)18-35-19-28/h3-10,12,14,30H,11,13,15-19H2,1-2H3,(H,33,34). The van der Waals surface area contributed by atoms with Gasteiger partial charge >= 0.3 is 6.09 Å². The number of carbonyl (C=O) groups is 1. The second-order valence-electron chi connectivity index (χ2n) is 10.3. The van der Waals surface area contributed by atoms with Crippen molar-refractivity contribution in [1.29, 1.82) is 0 Å². The first-order valence-corrected chi connectivity index (χ1v) is 12.3. The van der Waals surface area contributed by atoms with E-state index in [1.807, 2.05) is 18.2 Å². The SMILES string of the molecule is CC(C)(c1ccc(CCNC(=O)O)cc1)c1ccc(OCc2ccnc(N3CC4(COC4)C3)n2)cc1. The van der Waals surface area contributed by atoms with E-state index in [2.05, 4.69) is 70.4 Å². The molecule has 1 aromatic heterocycles. The van der Waals surface area contributed by atoms with Crippen molar-refractivity contribution in [3.63, 3.8) is 0 Å². The topological polar surface area (TPSA) is 96.8 Å². The highest BCUT2D eigenvalue weighted by Gasteiger charge is 2.49. The van der Waals surface area contributed by atoms with Crippen molar-refractivity contribution in [2.45, 2.75) is 32.3 Å². The number of aromatic nitrogens is 2. The van der Waals surface area contributed by atoms with Gasteiger partial charge in [0.15, 0.2) is 0 Å². The minimum atomic E-state index is -0.994. The maximum atomic E-state index is 10.6. The van der Waals surface area contributed by atoms with Gasteiger partial charge in [0.25, 0.3) is 0 Å². The molecule has 2 fully saturated rings. The van der Waals surface area contributed by atoms with Crippen LogP contribution < -0.4 is 15.0 Å². The van der Waals surface area contributed by atoms with Gasteiger partial charge in [-0.2, -0.15) is 0 Å². The highest BCUT2D eigenvalue weighted by Crippen LogP contribution is 2.39. The molecule has 36 heavy (non-hydrogen) atoms. The molecule has 3 heterocycles. The molecule has 1 spiro atoms. The van der Waals surface area contributed by atoms with Crippen molar-refractivity contribution in [2.75, 3.05) is 37.7 Å². The van der Waals surface area contributed by atoms with Crippen molar-refractivity contribution in [1.82, 2.24) is 15.3 Å². The zero-order valence-electron chi connectivity index (χ0n) is 20.7. The number of rotatable bonds is 9. The third-order valence-electron chi connectivity index (χ3n) is 7.18. The smallest absolute Gasteiger partial charge is 0.404 e. The fourth-order valence-corrected chi connectivity index (χ4v) is 4.79. The van der Waals surface area contributed by atoms with E-state index >= 15 is 0 Å². The highest BCUT2D eigenvalue weighted by molar-refractivity contribution is 5.64. The van der Waals surface area contributed by atoms with Crippen molar-refractivity contribution in [3.05, 3.63) is 83.2 Å². The number of hydrogen-bond donors (Lipinski definition) is 2. The summed E-state index contributed by atoms with van der Waals surface area (Å²) in [6.45, 7) is 8.79. The molecule has 0 saturated carbocycles. The summed E-state index contributed by atoms with van der Waals surface area (Å²) in [5.74, 6) is 1.56. The van der Waals surface area contributed by atoms with Crippen LogP contribution in [0.15, 0.2) is 60.8 Å². The van der Waals surface area contributed by atoms with E-state index in [1.165, 1.54) is 11.1 Å². The number of hydrogen-bond acceptors (Lipinski definition) is 6. The molecular weight excluding hydrogens is 456 g/mol. The van der Waals surface area contributed by atoms with Crippen LogP contribution in [0, 0.1) is 5.41 Å².